The average Bonchev–Trinajstić information content (AvgIpc) is 2.87. The van der Waals surface area contributed by atoms with Crippen LogP contribution in [0.3, 0.4) is 0 Å². The molecule has 1 heterocycles. The summed E-state index contributed by atoms with van der Waals surface area (Å²) in [7, 11) is 0. The third-order valence-corrected chi connectivity index (χ3v) is 6.80. The van der Waals surface area contributed by atoms with Crippen molar-refractivity contribution in [3.8, 4) is 0 Å². The van der Waals surface area contributed by atoms with Gasteiger partial charge >= 0.3 is 0 Å². The number of nitrogens with zero attached hydrogens (tertiary/aromatic N) is 1. The molecule has 0 bridgehead atoms. The summed E-state index contributed by atoms with van der Waals surface area (Å²) in [4.78, 5) is 59.3. The molecule has 2 aliphatic rings. The molecule has 6 rings (SSSR count). The Morgan fingerprint density at radius 2 is 1.31 bits per heavy atom. The van der Waals surface area contributed by atoms with Crippen LogP contribution in [0.2, 0.25) is 0 Å². The molecule has 0 saturated heterocycles. The Balaban J connectivity index is 1.69. The van der Waals surface area contributed by atoms with Crippen molar-refractivity contribution in [1.82, 2.24) is 4.98 Å². The van der Waals surface area contributed by atoms with Gasteiger partial charge in [0.2, 0.25) is 11.6 Å². The van der Waals surface area contributed by atoms with Crippen LogP contribution in [0.15, 0.2) is 90.5 Å². The van der Waals surface area contributed by atoms with E-state index in [4.69, 9.17) is 4.98 Å². The number of aromatic nitrogens is 1. The normalized spacial score (nSPS) is 19.7. The Hall–Kier alpha value is -4.51. The van der Waals surface area contributed by atoms with Crippen LogP contribution >= 0.6 is 0 Å². The number of ketones is 4. The Morgan fingerprint density at radius 1 is 0.686 bits per heavy atom. The van der Waals surface area contributed by atoms with Crippen molar-refractivity contribution in [3.05, 3.63) is 118 Å². The Labute approximate surface area is 201 Å². The predicted molar refractivity (Wildman–Crippen MR) is 131 cm³/mol. The fourth-order valence-corrected chi connectivity index (χ4v) is 5.19. The van der Waals surface area contributed by atoms with Crippen molar-refractivity contribution in [3.63, 3.8) is 0 Å². The molecule has 0 fully saturated rings. The molecule has 0 radical (unpaired) electrons. The number of hydrogen-bond donors (Lipinski definition) is 0. The first-order valence-electron chi connectivity index (χ1n) is 11.4. The fourth-order valence-electron chi connectivity index (χ4n) is 5.19. The van der Waals surface area contributed by atoms with E-state index in [1.54, 1.807) is 54.6 Å². The molecule has 0 spiro atoms. The van der Waals surface area contributed by atoms with Crippen molar-refractivity contribution in [2.45, 2.75) is 18.8 Å². The molecule has 1 aromatic heterocycles. The van der Waals surface area contributed by atoms with Gasteiger partial charge in [-0.15, -0.1) is 0 Å². The van der Waals surface area contributed by atoms with Gasteiger partial charge in [0.25, 0.3) is 0 Å². The van der Waals surface area contributed by atoms with E-state index in [2.05, 4.69) is 0 Å². The molecule has 2 unspecified atom stereocenters. The molecule has 5 nitrogen and oxygen atoms in total. The molecule has 0 amide bonds. The van der Waals surface area contributed by atoms with Crippen molar-refractivity contribution >= 4 is 39.6 Å². The summed E-state index contributed by atoms with van der Waals surface area (Å²) in [6.07, 6.45) is 0. The predicted octanol–water partition coefficient (Wildman–Crippen LogP) is 4.78. The molecule has 0 N–H and O–H groups in total. The number of benzene rings is 3. The molecular weight excluding hydrogens is 438 g/mol. The lowest BCUT2D eigenvalue weighted by Crippen LogP contribution is -2.41. The number of pyridine rings is 1. The van der Waals surface area contributed by atoms with Gasteiger partial charge in [-0.1, -0.05) is 72.3 Å². The standard InChI is InChI=1S/C30H19NO4/c1-16-12-13-21-19(14-16)15-20-26(31-21)25-24(30(35)27(20)32)22(17-8-4-2-5-9-17)28(33)23(29(25)34)18-10-6-3-7-11-18/h2-15,22-23H,1H3. The van der Waals surface area contributed by atoms with Crippen LogP contribution in [-0.2, 0) is 14.4 Å². The minimum atomic E-state index is -1.09. The van der Waals surface area contributed by atoms with Crippen molar-refractivity contribution in [2.24, 2.45) is 0 Å². The van der Waals surface area contributed by atoms with Crippen molar-refractivity contribution in [1.29, 1.82) is 0 Å². The number of Topliss-reactive ketones (excluding diaryl/α,β-unsaturated/α-hetero) is 4. The SMILES string of the molecule is Cc1ccc2nc3c(cc2c1)C(=O)C(=O)C1=C3C(=O)C(c2ccccc2)C(=O)C1c1ccccc1. The van der Waals surface area contributed by atoms with Gasteiger partial charge in [-0.05, 0) is 36.2 Å². The molecule has 2 aliphatic carbocycles. The lowest BCUT2D eigenvalue weighted by atomic mass is 9.65. The quantitative estimate of drug-likeness (QED) is 0.320. The minimum absolute atomic E-state index is 0.0603. The summed E-state index contributed by atoms with van der Waals surface area (Å²) in [5.41, 5.74) is 3.02. The second-order valence-electron chi connectivity index (χ2n) is 8.98. The van der Waals surface area contributed by atoms with Gasteiger partial charge in [0, 0.05) is 11.0 Å². The minimum Gasteiger partial charge on any atom is -0.297 e. The third-order valence-electron chi connectivity index (χ3n) is 6.80. The highest BCUT2D eigenvalue weighted by molar-refractivity contribution is 6.58. The van der Waals surface area contributed by atoms with E-state index < -0.39 is 35.0 Å². The van der Waals surface area contributed by atoms with E-state index in [-0.39, 0.29) is 22.4 Å². The first-order chi connectivity index (χ1) is 17.0. The van der Waals surface area contributed by atoms with Crippen LogP contribution in [0.5, 0.6) is 0 Å². The second-order valence-corrected chi connectivity index (χ2v) is 8.98. The lowest BCUT2D eigenvalue weighted by Gasteiger charge is -2.33. The Morgan fingerprint density at radius 3 is 1.97 bits per heavy atom. The summed E-state index contributed by atoms with van der Waals surface area (Å²) >= 11 is 0. The summed E-state index contributed by atoms with van der Waals surface area (Å²) in [6.45, 7) is 1.93. The molecule has 3 aromatic carbocycles. The second kappa shape index (κ2) is 7.77. The Kier molecular flexibility index (Phi) is 4.68. The third kappa shape index (κ3) is 3.12. The number of carbonyl (C=O) groups excluding carboxylic acids is 4. The zero-order valence-electron chi connectivity index (χ0n) is 18.8. The van der Waals surface area contributed by atoms with Gasteiger partial charge in [-0.3, -0.25) is 19.2 Å². The van der Waals surface area contributed by atoms with Crippen LogP contribution < -0.4 is 0 Å². The van der Waals surface area contributed by atoms with Crippen LogP contribution in [0.25, 0.3) is 16.5 Å². The number of allylic oxidation sites excluding steroid dienone is 2. The van der Waals surface area contributed by atoms with Crippen molar-refractivity contribution < 1.29 is 19.2 Å². The summed E-state index contributed by atoms with van der Waals surface area (Å²) in [5, 5.41) is 0.715. The highest BCUT2D eigenvalue weighted by Gasteiger charge is 2.51. The van der Waals surface area contributed by atoms with E-state index in [0.29, 0.717) is 22.0 Å². The number of carbonyl (C=O) groups is 4. The maximum atomic E-state index is 14.0. The number of aryl methyl sites for hydroxylation is 1. The topological polar surface area (TPSA) is 81.2 Å². The zero-order valence-corrected chi connectivity index (χ0v) is 18.8. The highest BCUT2D eigenvalue weighted by Crippen LogP contribution is 2.47. The van der Waals surface area contributed by atoms with Crippen LogP contribution in [0.1, 0.15) is 44.6 Å². The monoisotopic (exact) mass is 457 g/mol. The first-order valence-corrected chi connectivity index (χ1v) is 11.4. The number of hydrogen-bond acceptors (Lipinski definition) is 5. The van der Waals surface area contributed by atoms with E-state index in [1.807, 2.05) is 37.3 Å². The molecule has 0 saturated carbocycles. The highest BCUT2D eigenvalue weighted by atomic mass is 16.2. The van der Waals surface area contributed by atoms with Gasteiger partial charge in [-0.25, -0.2) is 4.98 Å². The van der Waals surface area contributed by atoms with Gasteiger partial charge in [0.05, 0.1) is 28.3 Å². The van der Waals surface area contributed by atoms with Gasteiger partial charge in [-0.2, -0.15) is 0 Å². The average molecular weight is 457 g/mol. The zero-order chi connectivity index (χ0) is 24.3. The molecule has 35 heavy (non-hydrogen) atoms. The largest absolute Gasteiger partial charge is 0.297 e. The van der Waals surface area contributed by atoms with E-state index in [1.165, 1.54) is 0 Å². The van der Waals surface area contributed by atoms with E-state index in [9.17, 15) is 19.2 Å². The van der Waals surface area contributed by atoms with Gasteiger partial charge < -0.3 is 0 Å². The summed E-state index contributed by atoms with van der Waals surface area (Å²) in [6, 6.07) is 24.9. The van der Waals surface area contributed by atoms with Gasteiger partial charge in [0.1, 0.15) is 5.92 Å². The first kappa shape index (κ1) is 21.1. The van der Waals surface area contributed by atoms with Crippen LogP contribution in [0, 0.1) is 6.92 Å². The maximum absolute atomic E-state index is 14.0. The lowest BCUT2D eigenvalue weighted by molar-refractivity contribution is -0.129. The van der Waals surface area contributed by atoms with E-state index in [0.717, 1.165) is 5.56 Å². The molecule has 0 aliphatic heterocycles. The smallest absolute Gasteiger partial charge is 0.235 e. The summed E-state index contributed by atoms with van der Waals surface area (Å²) < 4.78 is 0. The number of rotatable bonds is 2. The molecule has 5 heteroatoms. The molecule has 168 valence electrons. The van der Waals surface area contributed by atoms with Gasteiger partial charge in [0.15, 0.2) is 11.6 Å². The van der Waals surface area contributed by atoms with Crippen LogP contribution in [-0.4, -0.2) is 28.1 Å². The number of fused-ring (bicyclic) bond motifs is 3. The molecule has 2 atom stereocenters. The maximum Gasteiger partial charge on any atom is 0.235 e. The Bertz CT molecular complexity index is 1620. The fraction of sp³-hybridized carbons (Fsp3) is 0.100. The molecule has 4 aromatic rings. The van der Waals surface area contributed by atoms with E-state index >= 15 is 0 Å². The summed E-state index contributed by atoms with van der Waals surface area (Å²) in [5.74, 6) is -4.59. The van der Waals surface area contributed by atoms with Crippen LogP contribution in [0.4, 0.5) is 0 Å². The van der Waals surface area contributed by atoms with Crippen molar-refractivity contribution in [2.75, 3.05) is 0 Å². The molecular formula is C30H19NO4.